The van der Waals surface area contributed by atoms with Gasteiger partial charge in [-0.25, -0.2) is 9.59 Å². The van der Waals surface area contributed by atoms with Crippen LogP contribution in [0.25, 0.3) is 11.1 Å². The van der Waals surface area contributed by atoms with Gasteiger partial charge in [0.15, 0.2) is 0 Å². The summed E-state index contributed by atoms with van der Waals surface area (Å²) in [6.07, 6.45) is 52.7. The molecule has 3 aromatic carbocycles. The quantitative estimate of drug-likeness (QED) is 0.0330. The normalized spacial score (nSPS) is 17.4. The molecule has 1 heterocycles. The van der Waals surface area contributed by atoms with Crippen molar-refractivity contribution in [3.8, 4) is 53.4 Å². The van der Waals surface area contributed by atoms with Gasteiger partial charge in [0.25, 0.3) is 0 Å². The van der Waals surface area contributed by atoms with Crippen LogP contribution in [0.3, 0.4) is 0 Å². The van der Waals surface area contributed by atoms with Gasteiger partial charge in [0, 0.05) is 26.0 Å². The fraction of sp³-hybridized carbons (Fsp3) is 0.570. The molecule has 6 aliphatic carbocycles. The smallest absolute Gasteiger partial charge is 0.137 e. The zero-order valence-corrected chi connectivity index (χ0v) is 67.7. The number of benzene rings is 3. The van der Waals surface area contributed by atoms with Crippen molar-refractivity contribution in [1.29, 1.82) is 0 Å². The van der Waals surface area contributed by atoms with Crippen LogP contribution in [0.2, 0.25) is 0 Å². The second-order valence-electron chi connectivity index (χ2n) is 29.5. The third kappa shape index (κ3) is 34.2. The van der Waals surface area contributed by atoms with Crippen molar-refractivity contribution in [3.63, 3.8) is 0 Å². The van der Waals surface area contributed by atoms with Crippen molar-refractivity contribution in [1.82, 2.24) is 15.6 Å². The van der Waals surface area contributed by atoms with E-state index in [0.29, 0.717) is 24.4 Å². The van der Waals surface area contributed by atoms with E-state index in [1.54, 1.807) is 6.08 Å². The van der Waals surface area contributed by atoms with E-state index < -0.39 is 17.3 Å². The number of nitrogens with zero attached hydrogens (tertiary/aromatic N) is 2. The van der Waals surface area contributed by atoms with E-state index in [1.165, 1.54) is 191 Å². The number of alkyl carbamates (subject to hydrolysis) is 2. The Kier molecular flexibility index (Phi) is 41.4. The van der Waals surface area contributed by atoms with Gasteiger partial charge >= 0.3 is 155 Å². The number of fused-ring (bicyclic) bond motifs is 2. The Labute approximate surface area is 623 Å². The van der Waals surface area contributed by atoms with E-state index in [1.807, 2.05) is 92.7 Å². The Hall–Kier alpha value is -5.50. The van der Waals surface area contributed by atoms with Crippen LogP contribution in [-0.4, -0.2) is 51.5 Å². The minimum atomic E-state index is -0.425. The summed E-state index contributed by atoms with van der Waals surface area (Å²) in [7, 11) is 0. The number of amides is 2. The van der Waals surface area contributed by atoms with Gasteiger partial charge in [-0.05, 0) is 205 Å². The van der Waals surface area contributed by atoms with E-state index in [9.17, 15) is 14.7 Å². The Morgan fingerprint density at radius 3 is 1.55 bits per heavy atom. The van der Waals surface area contributed by atoms with Crippen molar-refractivity contribution < 1.29 is 44.9 Å². The van der Waals surface area contributed by atoms with Crippen molar-refractivity contribution in [2.75, 3.05) is 13.1 Å². The molecule has 4 fully saturated rings. The molecule has 12 heteroatoms. The molecule has 0 radical (unpaired) electrons. The number of aryl methyl sites for hydroxylation is 4. The molecule has 10 rings (SSSR count). The van der Waals surface area contributed by atoms with E-state index >= 15 is 0 Å². The predicted molar refractivity (Wildman–Crippen MR) is 424 cm³/mol. The molecule has 6 aliphatic rings. The molecule has 0 aliphatic heterocycles. The summed E-state index contributed by atoms with van der Waals surface area (Å²) in [5.74, 6) is 12.1. The van der Waals surface area contributed by atoms with Gasteiger partial charge in [0.2, 0.25) is 0 Å². The molecule has 0 atom stereocenters. The first-order valence-electron chi connectivity index (χ1n) is 36.5. The minimum Gasteiger partial charge on any atom is -0.665 e. The molecule has 9 nitrogen and oxygen atoms in total. The maximum atomic E-state index is 11.0. The van der Waals surface area contributed by atoms with E-state index in [4.69, 9.17) is 25.8 Å². The number of phenols is 1. The number of unbranched alkanes of at least 4 members (excludes halogenated alkanes) is 12. The Bertz CT molecular complexity index is 3190. The number of rotatable bonds is 21. The summed E-state index contributed by atoms with van der Waals surface area (Å²) in [5.41, 5.74) is 12.7. The zero-order chi connectivity index (χ0) is 72.6. The summed E-state index contributed by atoms with van der Waals surface area (Å²) < 4.78 is 19.9. The molecule has 4 saturated carbocycles. The van der Waals surface area contributed by atoms with E-state index in [0.717, 1.165) is 64.9 Å². The van der Waals surface area contributed by atoms with Crippen LogP contribution in [0, 0.1) is 75.1 Å². The van der Waals surface area contributed by atoms with Gasteiger partial charge in [0.1, 0.15) is 17.0 Å². The number of carbonyl (C=O) groups is 2. The van der Waals surface area contributed by atoms with E-state index in [2.05, 4.69) is 159 Å². The monoisotopic (exact) mass is 1550 g/mol. The number of halogens is 2. The molecule has 3 N–H and O–H groups in total. The van der Waals surface area contributed by atoms with Crippen LogP contribution < -0.4 is 15.6 Å². The molecule has 0 unspecified atom stereocenters. The number of hydrogen-bond acceptors (Lipinski definition) is 6. The average Bonchev–Trinajstić information content (AvgIpc) is 0.856. The molecule has 98 heavy (non-hydrogen) atoms. The fourth-order valence-corrected chi connectivity index (χ4v) is 16.8. The van der Waals surface area contributed by atoms with Crippen molar-refractivity contribution in [3.05, 3.63) is 146 Å². The molecule has 4 aromatic rings. The number of aromatic nitrogens is 1. The largest absolute Gasteiger partial charge is 0.665 e. The van der Waals surface area contributed by atoms with Gasteiger partial charge in [-0.2, -0.15) is 11.4 Å². The van der Waals surface area contributed by atoms with Crippen molar-refractivity contribution in [2.24, 2.45) is 21.2 Å². The third-order valence-electron chi connectivity index (χ3n) is 18.0. The first-order valence-corrected chi connectivity index (χ1v) is 40.2. The maximum Gasteiger partial charge on any atom is 0.137 e. The summed E-state index contributed by atoms with van der Waals surface area (Å²) in [5, 5.41) is 16.1. The first kappa shape index (κ1) is 86.7. The maximum absolute atomic E-state index is 11.0. The molecule has 1 aromatic heterocycles. The van der Waals surface area contributed by atoms with Crippen LogP contribution in [0.5, 0.6) is 5.75 Å². The van der Waals surface area contributed by atoms with Crippen LogP contribution >= 0.6 is 31.9 Å². The number of ether oxygens (including phenoxy) is 2. The number of carbonyl (C=O) groups excluding carboxylic acids is 2. The Morgan fingerprint density at radius 2 is 1.12 bits per heavy atom. The fourth-order valence-electron chi connectivity index (χ4n) is 13.7. The van der Waals surface area contributed by atoms with Gasteiger partial charge in [-0.15, -0.1) is 26.0 Å². The molecular weight excluding hydrogens is 1420 g/mol. The van der Waals surface area contributed by atoms with Crippen molar-refractivity contribution >= 4 is 48.4 Å². The van der Waals surface area contributed by atoms with Crippen LogP contribution in [-0.2, 0) is 58.5 Å². The summed E-state index contributed by atoms with van der Waals surface area (Å²) in [4.78, 5) is 25.9. The van der Waals surface area contributed by atoms with Gasteiger partial charge in [-0.3, -0.25) is 0 Å². The van der Waals surface area contributed by atoms with Gasteiger partial charge in [0.05, 0.1) is 4.47 Å². The first-order chi connectivity index (χ1) is 46.6. The summed E-state index contributed by atoms with van der Waals surface area (Å²) in [6.45, 7) is 34.2. The summed E-state index contributed by atoms with van der Waals surface area (Å²) in [6, 6.07) is 19.4. The predicted octanol–water partition coefficient (Wildman–Crippen LogP) is 23.7. The molecule has 2 amide bonds. The molecule has 0 saturated heterocycles. The summed E-state index contributed by atoms with van der Waals surface area (Å²) >= 11 is 7.02. The number of hydrogen-bond donors (Lipinski definition) is 3. The van der Waals surface area contributed by atoms with Crippen molar-refractivity contribution in [2.45, 2.75) is 286 Å². The number of aromatic hydroxyl groups is 1. The Morgan fingerprint density at radius 1 is 0.673 bits per heavy atom. The zero-order valence-electron chi connectivity index (χ0n) is 62.5. The van der Waals surface area contributed by atoms with Gasteiger partial charge in [-0.1, -0.05) is 144 Å². The number of allylic oxidation sites excluding steroid dienone is 2. The standard InChI is InChI=1S/C21H22Br2O.C16H32.C10H15N.C10H12.C9H17NO2.C8H15NO2.C6H8N.C6H2.Mo.2H2/c1-12-17(22)10-13-6-2-4-8-15(13)19(12)20-16-9-5-3-7-14(16)11-18(23)21(20)24;1-3-5-7-9-11-13-15-16-14-12-10-8-6-4-2;11-10-4-7-1-8(5-10)3-9(2-7)6-10;1-10(2,3)9-7-5-4-6-8-9;1-5-6-7-10-8(11)12-9(2,3)4;1-5-6-9-7(10)11-8(2,3)4;1-5-3-4-6(2)7-5;1-3-5-6-4-2;;;/h10-11,24H,2-9H2,1H3;3H,1,4-16H2,2H3;7-9H,1-6H2;1,4-8H,2-3H3;5-6H,7H2,1-4H3,(H,10,11);5H,1,6H2,2-4H3,(H,9,10);3-4H,1-2H3;1-2H;;2*1H/q;;;;;;-1;;;;/b;;;;6-5-;;;;;;. The average molecular weight is 1550 g/mol. The molecular formula is C86H127Br2MoN4O5-. The Balaban J connectivity index is 0.000000610. The number of phenolic OH excluding ortho intramolecular Hbond substituents is 1. The number of nitrogens with one attached hydrogen (secondary N) is 2. The number of terminal acetylenes is 2. The van der Waals surface area contributed by atoms with Crippen LogP contribution in [0.15, 0.2) is 105 Å². The third-order valence-corrected chi connectivity index (χ3v) is 22.3. The van der Waals surface area contributed by atoms with E-state index in [-0.39, 0.29) is 32.3 Å². The molecule has 0 spiro atoms. The van der Waals surface area contributed by atoms with Crippen LogP contribution in [0.4, 0.5) is 9.59 Å². The minimum absolute atomic E-state index is 0. The second kappa shape index (κ2) is 46.8. The van der Waals surface area contributed by atoms with Gasteiger partial charge < -0.3 is 30.2 Å². The van der Waals surface area contributed by atoms with Crippen LogP contribution in [0.1, 0.15) is 265 Å². The molecule has 4 bridgehead atoms. The molecule has 542 valence electrons. The SMILES string of the molecule is C#CC#CC#C.C/C=C\CNC(=O)OC(C)(C)C.C=CCCCCCCCCCCCCCC.C=CCNC(=O)OC(C)(C)C.CC(C)([CH]=[Mo]=[N]C12CC3CC(CC(C3)C1)C2)c1ccccc1.Cc1c(Br)cc2c(c1-c1c(O)c(Br)cc3c1CCCC3)CCCC2.Cc1ccc(C)[n-]1.[HH].[HH]. The second-order valence-corrected chi connectivity index (χ2v) is 32.8. The topological polar surface area (TPSA) is 123 Å².